The zero-order valence-corrected chi connectivity index (χ0v) is 11.3. The van der Waals surface area contributed by atoms with Crippen molar-refractivity contribution in [2.24, 2.45) is 0 Å². The average Bonchev–Trinajstić information content (AvgIpc) is 2.87. The molecule has 2 aromatic rings. The van der Waals surface area contributed by atoms with Crippen LogP contribution in [0, 0.1) is 17.0 Å². The molecule has 2 aromatic heterocycles. The number of aryl methyl sites for hydroxylation is 1. The van der Waals surface area contributed by atoms with E-state index in [1.807, 2.05) is 0 Å². The van der Waals surface area contributed by atoms with Crippen LogP contribution in [0.15, 0.2) is 31.9 Å². The van der Waals surface area contributed by atoms with E-state index >= 15 is 0 Å². The smallest absolute Gasteiger partial charge is 0.294 e. The summed E-state index contributed by atoms with van der Waals surface area (Å²) in [6.07, 6.45) is 1.53. The van der Waals surface area contributed by atoms with Gasteiger partial charge in [-0.3, -0.25) is 14.9 Å². The van der Waals surface area contributed by atoms with Gasteiger partial charge in [-0.15, -0.1) is 11.3 Å². The number of furan rings is 1. The molecule has 0 aliphatic carbocycles. The predicted molar refractivity (Wildman–Crippen MR) is 68.5 cm³/mol. The first-order chi connectivity index (χ1) is 8.49. The lowest BCUT2D eigenvalue weighted by atomic mass is 10.3. The molecule has 18 heavy (non-hydrogen) atoms. The maximum absolute atomic E-state index is 11.3. The van der Waals surface area contributed by atoms with Crippen LogP contribution < -0.4 is 0 Å². The average molecular weight is 283 g/mol. The van der Waals surface area contributed by atoms with Crippen LogP contribution in [0.1, 0.15) is 22.4 Å². The Labute approximate surface area is 111 Å². The molecule has 0 aromatic carbocycles. The molecule has 2 heterocycles. The third kappa shape index (κ3) is 2.46. The molecule has 0 amide bonds. The lowest BCUT2D eigenvalue weighted by Gasteiger charge is -1.95. The first-order valence-electron chi connectivity index (χ1n) is 5.00. The molecule has 0 aliphatic rings. The number of carbonyl (C=O) groups is 1. The van der Waals surface area contributed by atoms with Crippen molar-refractivity contribution in [3.05, 3.63) is 39.1 Å². The summed E-state index contributed by atoms with van der Waals surface area (Å²) in [6, 6.07) is 3.07. The monoisotopic (exact) mass is 283 g/mol. The fraction of sp³-hybridized carbons (Fsp3) is 0.182. The number of hydrogen-bond acceptors (Lipinski definition) is 6. The second-order valence-corrected chi connectivity index (χ2v) is 5.90. The molecular weight excluding hydrogens is 274 g/mol. The fourth-order valence-corrected chi connectivity index (χ4v) is 3.53. The van der Waals surface area contributed by atoms with Crippen molar-refractivity contribution in [3.8, 4) is 0 Å². The van der Waals surface area contributed by atoms with Crippen molar-refractivity contribution in [1.29, 1.82) is 0 Å². The van der Waals surface area contributed by atoms with Crippen molar-refractivity contribution < 1.29 is 14.1 Å². The van der Waals surface area contributed by atoms with Gasteiger partial charge >= 0.3 is 0 Å². The van der Waals surface area contributed by atoms with E-state index < -0.39 is 4.92 Å². The minimum Gasteiger partial charge on any atom is -0.468 e. The molecule has 0 fully saturated rings. The lowest BCUT2D eigenvalue weighted by molar-refractivity contribution is -0.387. The first kappa shape index (κ1) is 12.8. The topological polar surface area (TPSA) is 73.3 Å². The summed E-state index contributed by atoms with van der Waals surface area (Å²) in [4.78, 5) is 22.9. The Bertz CT molecular complexity index is 614. The number of nitro groups is 1. The molecule has 0 radical (unpaired) electrons. The second kappa shape index (κ2) is 4.95. The minimum absolute atomic E-state index is 0.0317. The lowest BCUT2D eigenvalue weighted by Crippen LogP contribution is -1.87. The molecule has 0 saturated carbocycles. The normalized spacial score (nSPS) is 10.6. The largest absolute Gasteiger partial charge is 0.468 e. The highest BCUT2D eigenvalue weighted by Gasteiger charge is 2.22. The van der Waals surface area contributed by atoms with Gasteiger partial charge in [0, 0.05) is 6.07 Å². The van der Waals surface area contributed by atoms with Crippen molar-refractivity contribution in [1.82, 2.24) is 0 Å². The van der Waals surface area contributed by atoms with Crippen molar-refractivity contribution in [2.45, 2.75) is 23.0 Å². The number of nitrogens with zero attached hydrogens (tertiary/aromatic N) is 1. The summed E-state index contributed by atoms with van der Waals surface area (Å²) in [5.41, 5.74) is -0.0317. The van der Waals surface area contributed by atoms with Crippen LogP contribution >= 0.6 is 23.1 Å². The Kier molecular flexibility index (Phi) is 3.53. The highest BCUT2D eigenvalue weighted by atomic mass is 32.2. The van der Waals surface area contributed by atoms with Gasteiger partial charge in [0.1, 0.15) is 9.97 Å². The van der Waals surface area contributed by atoms with E-state index in [0.717, 1.165) is 16.2 Å². The van der Waals surface area contributed by atoms with Crippen LogP contribution in [-0.2, 0) is 0 Å². The summed E-state index contributed by atoms with van der Waals surface area (Å²) < 4.78 is 5.63. The summed E-state index contributed by atoms with van der Waals surface area (Å²) >= 11 is 2.38. The highest BCUT2D eigenvalue weighted by Crippen LogP contribution is 2.42. The van der Waals surface area contributed by atoms with E-state index in [-0.39, 0.29) is 11.5 Å². The summed E-state index contributed by atoms with van der Waals surface area (Å²) in [5, 5.41) is 10.9. The van der Waals surface area contributed by atoms with Gasteiger partial charge in [-0.25, -0.2) is 0 Å². The van der Waals surface area contributed by atoms with E-state index in [2.05, 4.69) is 0 Å². The van der Waals surface area contributed by atoms with Crippen LogP contribution in [0.2, 0.25) is 0 Å². The molecule has 0 saturated heterocycles. The molecule has 0 unspecified atom stereocenters. The first-order valence-corrected chi connectivity index (χ1v) is 6.63. The van der Waals surface area contributed by atoms with Crippen LogP contribution in [0.3, 0.4) is 0 Å². The number of carbonyl (C=O) groups excluding carboxylic acids is 1. The molecule has 0 bridgehead atoms. The van der Waals surface area contributed by atoms with Crippen molar-refractivity contribution in [2.75, 3.05) is 0 Å². The fourth-order valence-electron chi connectivity index (χ4n) is 1.32. The van der Waals surface area contributed by atoms with Crippen LogP contribution in [-0.4, -0.2) is 10.7 Å². The number of thiophene rings is 1. The number of rotatable bonds is 4. The third-order valence-electron chi connectivity index (χ3n) is 2.24. The van der Waals surface area contributed by atoms with Gasteiger partial charge in [0.25, 0.3) is 5.69 Å². The van der Waals surface area contributed by atoms with Gasteiger partial charge in [-0.1, -0.05) is 11.8 Å². The molecule has 7 heteroatoms. The van der Waals surface area contributed by atoms with Gasteiger partial charge in [0.05, 0.1) is 21.0 Å². The number of ketones is 1. The number of Topliss-reactive ketones (excluding diaryl/α,β-unsaturated/α-hetero) is 1. The molecular formula is C11H9NO4S2. The Morgan fingerprint density at radius 1 is 1.56 bits per heavy atom. The quantitative estimate of drug-likeness (QED) is 0.483. The van der Waals surface area contributed by atoms with E-state index in [1.54, 1.807) is 13.0 Å². The molecule has 0 aliphatic heterocycles. The van der Waals surface area contributed by atoms with E-state index in [9.17, 15) is 14.9 Å². The third-order valence-corrected chi connectivity index (χ3v) is 4.79. The zero-order chi connectivity index (χ0) is 13.3. The molecule has 0 spiro atoms. The van der Waals surface area contributed by atoms with Gasteiger partial charge < -0.3 is 4.42 Å². The highest BCUT2D eigenvalue weighted by molar-refractivity contribution is 8.01. The zero-order valence-electron chi connectivity index (χ0n) is 9.63. The Morgan fingerprint density at radius 3 is 2.78 bits per heavy atom. The number of hydrogen-bond donors (Lipinski definition) is 0. The Morgan fingerprint density at radius 2 is 2.28 bits per heavy atom. The maximum Gasteiger partial charge on any atom is 0.294 e. The van der Waals surface area contributed by atoms with Crippen LogP contribution in [0.5, 0.6) is 0 Å². The minimum atomic E-state index is -0.472. The Balaban J connectivity index is 2.40. The molecule has 94 valence electrons. The standard InChI is InChI=1S/C11H9NO4S2/c1-6(13)10-5-8(12(14)15)11(18-10)17-9-3-4-16-7(9)2/h3-5H,1-2H3. The van der Waals surface area contributed by atoms with Gasteiger partial charge in [-0.05, 0) is 19.9 Å². The van der Waals surface area contributed by atoms with Crippen LogP contribution in [0.25, 0.3) is 0 Å². The van der Waals surface area contributed by atoms with Gasteiger partial charge in [0.15, 0.2) is 5.78 Å². The molecule has 5 nitrogen and oxygen atoms in total. The molecule has 0 N–H and O–H groups in total. The second-order valence-electron chi connectivity index (χ2n) is 3.54. The Hall–Kier alpha value is -1.60. The van der Waals surface area contributed by atoms with E-state index in [1.165, 1.54) is 31.0 Å². The summed E-state index contributed by atoms with van der Waals surface area (Å²) in [7, 11) is 0. The SMILES string of the molecule is CC(=O)c1cc([N+](=O)[O-])c(Sc2ccoc2C)s1. The molecule has 2 rings (SSSR count). The van der Waals surface area contributed by atoms with Gasteiger partial charge in [-0.2, -0.15) is 0 Å². The van der Waals surface area contributed by atoms with E-state index in [4.69, 9.17) is 4.42 Å². The maximum atomic E-state index is 11.3. The van der Waals surface area contributed by atoms with Gasteiger partial charge in [0.2, 0.25) is 0 Å². The predicted octanol–water partition coefficient (Wildman–Crippen LogP) is 3.91. The summed E-state index contributed by atoms with van der Waals surface area (Å²) in [5.74, 6) is 0.533. The molecule has 0 atom stereocenters. The van der Waals surface area contributed by atoms with Crippen molar-refractivity contribution >= 4 is 34.6 Å². The summed E-state index contributed by atoms with van der Waals surface area (Å²) in [6.45, 7) is 3.18. The van der Waals surface area contributed by atoms with E-state index in [0.29, 0.717) is 14.8 Å². The van der Waals surface area contributed by atoms with Crippen LogP contribution in [0.4, 0.5) is 5.69 Å². The van der Waals surface area contributed by atoms with Crippen molar-refractivity contribution in [3.63, 3.8) is 0 Å².